The maximum absolute atomic E-state index is 12.0. The normalized spacial score (nSPS) is 20.8. The number of aryl methyl sites for hydroxylation is 1. The van der Waals surface area contributed by atoms with Crippen LogP contribution in [0.4, 0.5) is 0 Å². The number of carbonyl (C=O) groups excluding carboxylic acids is 1. The Morgan fingerprint density at radius 1 is 1.30 bits per heavy atom. The molecule has 20 heavy (non-hydrogen) atoms. The molecule has 0 saturated carbocycles. The van der Waals surface area contributed by atoms with Crippen LogP contribution in [-0.2, 0) is 11.2 Å². The highest BCUT2D eigenvalue weighted by molar-refractivity contribution is 5.78. The number of hydrogen-bond donors (Lipinski definition) is 1. The van der Waals surface area contributed by atoms with Gasteiger partial charge in [0.1, 0.15) is 0 Å². The molecule has 3 heteroatoms. The number of hydrogen-bond acceptors (Lipinski definition) is 2. The topological polar surface area (TPSA) is 46.3 Å². The molecule has 2 atom stereocenters. The highest BCUT2D eigenvalue weighted by Crippen LogP contribution is 2.26. The van der Waals surface area contributed by atoms with Crippen LogP contribution in [0.25, 0.3) is 0 Å². The van der Waals surface area contributed by atoms with Gasteiger partial charge in [0.15, 0.2) is 0 Å². The molecule has 0 bridgehead atoms. The molecular weight excluding hydrogens is 248 g/mol. The number of nitrogens with two attached hydrogens (primary N) is 1. The van der Waals surface area contributed by atoms with Gasteiger partial charge < -0.3 is 10.6 Å². The van der Waals surface area contributed by atoms with E-state index in [-0.39, 0.29) is 11.9 Å². The maximum Gasteiger partial charge on any atom is 0.222 e. The average molecular weight is 274 g/mol. The lowest BCUT2D eigenvalue weighted by molar-refractivity contribution is -0.128. The second-order valence-electron chi connectivity index (χ2n) is 6.21. The van der Waals surface area contributed by atoms with Gasteiger partial charge >= 0.3 is 0 Å². The van der Waals surface area contributed by atoms with Crippen molar-refractivity contribution in [2.24, 2.45) is 17.6 Å². The molecule has 1 amide bonds. The van der Waals surface area contributed by atoms with Crippen LogP contribution in [0.15, 0.2) is 24.3 Å². The molecule has 3 nitrogen and oxygen atoms in total. The Bertz CT molecular complexity index is 453. The Balaban J connectivity index is 1.97. The zero-order valence-electron chi connectivity index (χ0n) is 12.8. The molecular formula is C17H26N2O. The number of likely N-dealkylation sites (tertiary alicyclic amines) is 1. The number of nitrogens with zero attached hydrogens (tertiary/aromatic N) is 1. The van der Waals surface area contributed by atoms with E-state index in [1.807, 2.05) is 4.90 Å². The van der Waals surface area contributed by atoms with Gasteiger partial charge in [-0.3, -0.25) is 4.79 Å². The first-order valence-electron chi connectivity index (χ1n) is 7.63. The largest absolute Gasteiger partial charge is 0.340 e. The fraction of sp³-hybridized carbons (Fsp3) is 0.588. The molecule has 0 aromatic heterocycles. The van der Waals surface area contributed by atoms with E-state index in [0.717, 1.165) is 18.5 Å². The van der Waals surface area contributed by atoms with Crippen molar-refractivity contribution in [2.45, 2.75) is 39.7 Å². The van der Waals surface area contributed by atoms with E-state index in [9.17, 15) is 4.79 Å². The smallest absolute Gasteiger partial charge is 0.222 e. The lowest BCUT2D eigenvalue weighted by Crippen LogP contribution is -2.33. The van der Waals surface area contributed by atoms with E-state index in [1.165, 1.54) is 5.56 Å². The molecule has 0 aliphatic carbocycles. The molecule has 1 aromatic carbocycles. The van der Waals surface area contributed by atoms with Crippen LogP contribution in [0.3, 0.4) is 0 Å². The van der Waals surface area contributed by atoms with E-state index >= 15 is 0 Å². The Morgan fingerprint density at radius 2 is 1.95 bits per heavy atom. The second kappa shape index (κ2) is 6.40. The zero-order valence-corrected chi connectivity index (χ0v) is 12.8. The van der Waals surface area contributed by atoms with E-state index in [4.69, 9.17) is 5.73 Å². The SMILES string of the molecule is CCc1ccc(C(N)CN2CC(C(C)C)CC2=O)cc1. The lowest BCUT2D eigenvalue weighted by atomic mass is 9.95. The third kappa shape index (κ3) is 3.40. The van der Waals surface area contributed by atoms with Crippen LogP contribution in [0.2, 0.25) is 0 Å². The van der Waals surface area contributed by atoms with E-state index in [0.29, 0.717) is 24.8 Å². The minimum absolute atomic E-state index is 0.0873. The first-order valence-corrected chi connectivity index (χ1v) is 7.63. The zero-order chi connectivity index (χ0) is 14.7. The lowest BCUT2D eigenvalue weighted by Gasteiger charge is -2.22. The molecule has 1 saturated heterocycles. The Hall–Kier alpha value is -1.35. The fourth-order valence-electron chi connectivity index (χ4n) is 2.77. The number of rotatable bonds is 5. The Labute approximate surface area is 122 Å². The maximum atomic E-state index is 12.0. The monoisotopic (exact) mass is 274 g/mol. The summed E-state index contributed by atoms with van der Waals surface area (Å²) < 4.78 is 0. The van der Waals surface area contributed by atoms with Gasteiger partial charge in [0.25, 0.3) is 0 Å². The fourth-order valence-corrected chi connectivity index (χ4v) is 2.77. The molecule has 1 aliphatic rings. The molecule has 2 unspecified atom stereocenters. The standard InChI is InChI=1S/C17H26N2O/c1-4-13-5-7-14(8-6-13)16(18)11-19-10-15(12(2)3)9-17(19)20/h5-8,12,15-16H,4,9-11,18H2,1-3H3. The van der Waals surface area contributed by atoms with E-state index < -0.39 is 0 Å². The van der Waals surface area contributed by atoms with Gasteiger partial charge in [-0.1, -0.05) is 45.0 Å². The molecule has 1 aliphatic heterocycles. The summed E-state index contributed by atoms with van der Waals surface area (Å²) in [4.78, 5) is 14.0. The van der Waals surface area contributed by atoms with Gasteiger partial charge in [0.2, 0.25) is 5.91 Å². The predicted molar refractivity (Wildman–Crippen MR) is 82.3 cm³/mol. The predicted octanol–water partition coefficient (Wildman–Crippen LogP) is 2.75. The van der Waals surface area contributed by atoms with E-state index in [1.54, 1.807) is 0 Å². The summed E-state index contributed by atoms with van der Waals surface area (Å²) in [5, 5.41) is 0. The van der Waals surface area contributed by atoms with Crippen molar-refractivity contribution in [3.63, 3.8) is 0 Å². The molecule has 2 N–H and O–H groups in total. The van der Waals surface area contributed by atoms with Gasteiger partial charge in [-0.25, -0.2) is 0 Å². The van der Waals surface area contributed by atoms with Crippen molar-refractivity contribution in [2.75, 3.05) is 13.1 Å². The quantitative estimate of drug-likeness (QED) is 0.897. The van der Waals surface area contributed by atoms with Crippen molar-refractivity contribution in [3.05, 3.63) is 35.4 Å². The van der Waals surface area contributed by atoms with Crippen LogP contribution < -0.4 is 5.73 Å². The summed E-state index contributed by atoms with van der Waals surface area (Å²) in [6.07, 6.45) is 1.72. The van der Waals surface area contributed by atoms with Gasteiger partial charge in [0, 0.05) is 25.6 Å². The van der Waals surface area contributed by atoms with Gasteiger partial charge in [-0.2, -0.15) is 0 Å². The van der Waals surface area contributed by atoms with Crippen molar-refractivity contribution in [3.8, 4) is 0 Å². The summed E-state index contributed by atoms with van der Waals surface area (Å²) in [5.41, 5.74) is 8.69. The first kappa shape index (κ1) is 15.0. The summed E-state index contributed by atoms with van der Waals surface area (Å²) in [5.74, 6) is 1.30. The third-order valence-corrected chi connectivity index (χ3v) is 4.42. The summed E-state index contributed by atoms with van der Waals surface area (Å²) >= 11 is 0. The molecule has 1 heterocycles. The molecule has 0 radical (unpaired) electrons. The third-order valence-electron chi connectivity index (χ3n) is 4.42. The Morgan fingerprint density at radius 3 is 2.45 bits per heavy atom. The van der Waals surface area contributed by atoms with Crippen LogP contribution in [0.5, 0.6) is 0 Å². The van der Waals surface area contributed by atoms with Crippen molar-refractivity contribution in [1.82, 2.24) is 4.90 Å². The summed E-state index contributed by atoms with van der Waals surface area (Å²) in [7, 11) is 0. The number of amides is 1. The molecule has 110 valence electrons. The van der Waals surface area contributed by atoms with Crippen molar-refractivity contribution >= 4 is 5.91 Å². The first-order chi connectivity index (χ1) is 9.51. The van der Waals surface area contributed by atoms with Crippen LogP contribution in [-0.4, -0.2) is 23.9 Å². The second-order valence-corrected chi connectivity index (χ2v) is 6.21. The van der Waals surface area contributed by atoms with Crippen molar-refractivity contribution < 1.29 is 4.79 Å². The highest BCUT2D eigenvalue weighted by Gasteiger charge is 2.32. The van der Waals surface area contributed by atoms with Crippen LogP contribution in [0, 0.1) is 11.8 Å². The van der Waals surface area contributed by atoms with Crippen LogP contribution in [0.1, 0.15) is 44.4 Å². The van der Waals surface area contributed by atoms with Gasteiger partial charge in [-0.15, -0.1) is 0 Å². The summed E-state index contributed by atoms with van der Waals surface area (Å²) in [6.45, 7) is 8.00. The van der Waals surface area contributed by atoms with Gasteiger partial charge in [-0.05, 0) is 29.4 Å². The van der Waals surface area contributed by atoms with Gasteiger partial charge in [0.05, 0.1) is 0 Å². The Kier molecular flexibility index (Phi) is 4.81. The highest BCUT2D eigenvalue weighted by atomic mass is 16.2. The molecule has 1 fully saturated rings. The summed E-state index contributed by atoms with van der Waals surface area (Å²) in [6, 6.07) is 8.33. The number of benzene rings is 1. The van der Waals surface area contributed by atoms with E-state index in [2.05, 4.69) is 45.0 Å². The molecule has 2 rings (SSSR count). The molecule has 0 spiro atoms. The minimum Gasteiger partial charge on any atom is -0.340 e. The van der Waals surface area contributed by atoms with Crippen LogP contribution >= 0.6 is 0 Å². The van der Waals surface area contributed by atoms with Crippen molar-refractivity contribution in [1.29, 1.82) is 0 Å². The average Bonchev–Trinajstić information content (AvgIpc) is 2.80. The molecule has 1 aromatic rings. The number of carbonyl (C=O) groups is 1. The minimum atomic E-state index is -0.0873.